The molecule has 0 saturated carbocycles. The molecule has 3 nitrogen and oxygen atoms in total. The molecule has 0 aliphatic rings. The fourth-order valence-corrected chi connectivity index (χ4v) is 2.24. The van der Waals surface area contributed by atoms with Gasteiger partial charge in [0.2, 0.25) is 10.5 Å². The minimum atomic E-state index is -1.61. The number of hydrogen-bond acceptors (Lipinski definition) is 3. The van der Waals surface area contributed by atoms with Crippen molar-refractivity contribution in [3.05, 3.63) is 0 Å². The van der Waals surface area contributed by atoms with E-state index in [1.54, 1.807) is 0 Å². The molecule has 0 rings (SSSR count). The SMILES string of the molecule is CCC(O[Si](C)(C)C)C(=O)O[SiH3]. The molecule has 72 valence electrons. The van der Waals surface area contributed by atoms with Crippen LogP contribution in [0.15, 0.2) is 0 Å². The van der Waals surface area contributed by atoms with Crippen molar-refractivity contribution in [2.75, 3.05) is 0 Å². The zero-order valence-electron chi connectivity index (χ0n) is 8.51. The Morgan fingerprint density at radius 1 is 1.50 bits per heavy atom. The Morgan fingerprint density at radius 3 is 2.25 bits per heavy atom. The maximum Gasteiger partial charge on any atom is 0.320 e. The lowest BCUT2D eigenvalue weighted by atomic mass is 10.3. The Morgan fingerprint density at radius 2 is 2.00 bits per heavy atom. The van der Waals surface area contributed by atoms with Gasteiger partial charge in [-0.05, 0) is 26.1 Å². The summed E-state index contributed by atoms with van der Waals surface area (Å²) in [6.07, 6.45) is 0.361. The number of rotatable bonds is 4. The highest BCUT2D eigenvalue weighted by molar-refractivity contribution is 6.69. The maximum atomic E-state index is 11.1. The highest BCUT2D eigenvalue weighted by Crippen LogP contribution is 2.10. The first-order valence-electron chi connectivity index (χ1n) is 4.16. The van der Waals surface area contributed by atoms with Crippen molar-refractivity contribution in [3.63, 3.8) is 0 Å². The first-order valence-corrected chi connectivity index (χ1v) is 8.39. The Balaban J connectivity index is 4.09. The normalized spacial score (nSPS) is 14.3. The molecule has 0 spiro atoms. The minimum Gasteiger partial charge on any atom is -0.527 e. The topological polar surface area (TPSA) is 35.5 Å². The van der Waals surface area contributed by atoms with Gasteiger partial charge in [0.25, 0.3) is 0 Å². The fourth-order valence-electron chi connectivity index (χ4n) is 0.856. The second kappa shape index (κ2) is 4.78. The summed E-state index contributed by atoms with van der Waals surface area (Å²) >= 11 is 0. The molecule has 1 atom stereocenters. The summed E-state index contributed by atoms with van der Waals surface area (Å²) in [5, 5.41) is 0. The van der Waals surface area contributed by atoms with Crippen LogP contribution in [0, 0.1) is 0 Å². The van der Waals surface area contributed by atoms with Gasteiger partial charge in [-0.2, -0.15) is 0 Å². The third-order valence-electron chi connectivity index (χ3n) is 1.33. The molecule has 12 heavy (non-hydrogen) atoms. The maximum absolute atomic E-state index is 11.1. The Bertz CT molecular complexity index is 153. The third kappa shape index (κ3) is 4.68. The van der Waals surface area contributed by atoms with E-state index in [9.17, 15) is 4.79 Å². The summed E-state index contributed by atoms with van der Waals surface area (Å²) in [6, 6.07) is 0. The molecule has 0 radical (unpaired) electrons. The molecule has 0 amide bonds. The van der Waals surface area contributed by atoms with E-state index in [2.05, 4.69) is 19.6 Å². The van der Waals surface area contributed by atoms with Crippen LogP contribution < -0.4 is 0 Å². The van der Waals surface area contributed by atoms with E-state index in [0.29, 0.717) is 16.9 Å². The number of carbonyl (C=O) groups excluding carboxylic acids is 1. The standard InChI is InChI=1S/C7H18O3Si2/c1-5-6(7(8)9-11)10-12(2,3)4/h6H,5H2,1-4,11H3. The van der Waals surface area contributed by atoms with Crippen molar-refractivity contribution in [3.8, 4) is 0 Å². The van der Waals surface area contributed by atoms with Crippen LogP contribution in [0.2, 0.25) is 19.6 Å². The van der Waals surface area contributed by atoms with Crippen molar-refractivity contribution >= 4 is 24.8 Å². The van der Waals surface area contributed by atoms with Gasteiger partial charge >= 0.3 is 5.97 Å². The van der Waals surface area contributed by atoms with E-state index in [1.165, 1.54) is 0 Å². The molecule has 0 aromatic heterocycles. The monoisotopic (exact) mass is 206 g/mol. The van der Waals surface area contributed by atoms with E-state index in [1.807, 2.05) is 6.92 Å². The van der Waals surface area contributed by atoms with E-state index in [4.69, 9.17) is 8.85 Å². The molecule has 0 bridgehead atoms. The molecule has 0 saturated heterocycles. The van der Waals surface area contributed by atoms with E-state index in [-0.39, 0.29) is 12.1 Å². The van der Waals surface area contributed by atoms with Gasteiger partial charge in [-0.15, -0.1) is 0 Å². The molecule has 0 aromatic carbocycles. The molecule has 0 N–H and O–H groups in total. The van der Waals surface area contributed by atoms with Crippen molar-refractivity contribution in [1.29, 1.82) is 0 Å². The third-order valence-corrected chi connectivity index (χ3v) is 2.72. The molecule has 0 fully saturated rings. The van der Waals surface area contributed by atoms with Crippen molar-refractivity contribution in [2.45, 2.75) is 39.1 Å². The molecular formula is C7H18O3Si2. The lowest BCUT2D eigenvalue weighted by Gasteiger charge is -2.23. The summed E-state index contributed by atoms with van der Waals surface area (Å²) in [6.45, 7) is 8.13. The van der Waals surface area contributed by atoms with Crippen LogP contribution in [0.3, 0.4) is 0 Å². The van der Waals surface area contributed by atoms with Crippen LogP contribution in [0.25, 0.3) is 0 Å². The summed E-state index contributed by atoms with van der Waals surface area (Å²) in [7, 11) is -1.15. The zero-order chi connectivity index (χ0) is 9.78. The quantitative estimate of drug-likeness (QED) is 0.626. The Hall–Kier alpha value is -0.136. The van der Waals surface area contributed by atoms with Gasteiger partial charge in [0.15, 0.2) is 8.32 Å². The van der Waals surface area contributed by atoms with E-state index >= 15 is 0 Å². The summed E-state index contributed by atoms with van der Waals surface area (Å²) in [5.41, 5.74) is 0. The van der Waals surface area contributed by atoms with Gasteiger partial charge in [0.1, 0.15) is 6.10 Å². The minimum absolute atomic E-state index is 0.202. The highest BCUT2D eigenvalue weighted by Gasteiger charge is 2.25. The van der Waals surface area contributed by atoms with Gasteiger partial charge in [0.05, 0.1) is 0 Å². The average Bonchev–Trinajstić information content (AvgIpc) is 1.97. The van der Waals surface area contributed by atoms with Crippen molar-refractivity contribution in [1.82, 2.24) is 0 Å². The molecule has 5 heteroatoms. The van der Waals surface area contributed by atoms with E-state index < -0.39 is 8.32 Å². The van der Waals surface area contributed by atoms with Gasteiger partial charge in [-0.3, -0.25) is 4.79 Å². The van der Waals surface area contributed by atoms with Crippen molar-refractivity contribution in [2.24, 2.45) is 0 Å². The number of carbonyl (C=O) groups is 1. The smallest absolute Gasteiger partial charge is 0.320 e. The van der Waals surface area contributed by atoms with Crippen LogP contribution in [-0.4, -0.2) is 30.9 Å². The first kappa shape index (κ1) is 11.9. The van der Waals surface area contributed by atoms with Gasteiger partial charge < -0.3 is 8.85 Å². The predicted octanol–water partition coefficient (Wildman–Crippen LogP) is 0.440. The number of hydrogen-bond donors (Lipinski definition) is 0. The zero-order valence-corrected chi connectivity index (χ0v) is 11.5. The van der Waals surface area contributed by atoms with Crippen LogP contribution >= 0.6 is 0 Å². The molecule has 0 aliphatic heterocycles. The molecule has 0 heterocycles. The van der Waals surface area contributed by atoms with Gasteiger partial charge in [-0.1, -0.05) is 6.92 Å². The van der Waals surface area contributed by atoms with Crippen molar-refractivity contribution < 1.29 is 13.6 Å². The van der Waals surface area contributed by atoms with Crippen LogP contribution in [0.4, 0.5) is 0 Å². The Kier molecular flexibility index (Phi) is 4.73. The van der Waals surface area contributed by atoms with Gasteiger partial charge in [-0.25, -0.2) is 0 Å². The predicted molar refractivity (Wildman–Crippen MR) is 54.5 cm³/mol. The largest absolute Gasteiger partial charge is 0.527 e. The summed E-state index contributed by atoms with van der Waals surface area (Å²) in [4.78, 5) is 11.1. The summed E-state index contributed by atoms with van der Waals surface area (Å²) in [5.74, 6) is -0.202. The van der Waals surface area contributed by atoms with E-state index in [0.717, 1.165) is 0 Å². The van der Waals surface area contributed by atoms with Crippen LogP contribution in [0.1, 0.15) is 13.3 Å². The second-order valence-corrected chi connectivity index (χ2v) is 8.52. The average molecular weight is 206 g/mol. The first-order chi connectivity index (χ1) is 5.40. The van der Waals surface area contributed by atoms with Crippen LogP contribution in [0.5, 0.6) is 0 Å². The van der Waals surface area contributed by atoms with Gasteiger partial charge in [0, 0.05) is 0 Å². The molecule has 0 aromatic rings. The lowest BCUT2D eigenvalue weighted by Crippen LogP contribution is -2.37. The molecule has 1 unspecified atom stereocenters. The Labute approximate surface area is 78.1 Å². The summed E-state index contributed by atoms with van der Waals surface area (Å²) < 4.78 is 10.4. The highest BCUT2D eigenvalue weighted by atomic mass is 28.4. The fraction of sp³-hybridized carbons (Fsp3) is 0.857. The molecular weight excluding hydrogens is 188 g/mol. The second-order valence-electron chi connectivity index (χ2n) is 3.65. The van der Waals surface area contributed by atoms with Crippen LogP contribution in [-0.2, 0) is 13.6 Å². The molecule has 0 aliphatic carbocycles. The lowest BCUT2D eigenvalue weighted by molar-refractivity contribution is -0.142.